The smallest absolute Gasteiger partial charge is 0.254 e. The van der Waals surface area contributed by atoms with Crippen LogP contribution in [0.4, 0.5) is 0 Å². The fourth-order valence-electron chi connectivity index (χ4n) is 4.02. The van der Waals surface area contributed by atoms with Crippen molar-refractivity contribution in [2.45, 2.75) is 18.7 Å². The summed E-state index contributed by atoms with van der Waals surface area (Å²) in [5.41, 5.74) is 2.43. The molecular formula is C24H23N3O3S2. The zero-order chi connectivity index (χ0) is 22.9. The molecule has 0 radical (unpaired) electrons. The number of aryl methyl sites for hydroxylation is 2. The van der Waals surface area contributed by atoms with Gasteiger partial charge in [-0.05, 0) is 37.6 Å². The predicted molar refractivity (Wildman–Crippen MR) is 125 cm³/mol. The summed E-state index contributed by atoms with van der Waals surface area (Å²) in [6.45, 7) is 4.84. The molecule has 32 heavy (non-hydrogen) atoms. The zero-order valence-corrected chi connectivity index (χ0v) is 19.5. The van der Waals surface area contributed by atoms with E-state index in [1.54, 1.807) is 35.2 Å². The Balaban J connectivity index is 1.55. The van der Waals surface area contributed by atoms with E-state index in [1.807, 2.05) is 38.1 Å². The van der Waals surface area contributed by atoms with Crippen LogP contribution in [0.3, 0.4) is 0 Å². The number of hydrogen-bond donors (Lipinski definition) is 0. The van der Waals surface area contributed by atoms with Crippen LogP contribution in [-0.4, -0.2) is 49.7 Å². The van der Waals surface area contributed by atoms with Crippen molar-refractivity contribution in [2.24, 2.45) is 0 Å². The number of piperazine rings is 1. The van der Waals surface area contributed by atoms with Crippen molar-refractivity contribution >= 4 is 27.3 Å². The van der Waals surface area contributed by atoms with E-state index >= 15 is 0 Å². The van der Waals surface area contributed by atoms with E-state index in [0.717, 1.165) is 9.75 Å². The molecule has 1 fully saturated rings. The number of hydrogen-bond acceptors (Lipinski definition) is 5. The summed E-state index contributed by atoms with van der Waals surface area (Å²) in [7, 11) is -3.58. The molecular weight excluding hydrogens is 442 g/mol. The molecule has 3 aromatic rings. The summed E-state index contributed by atoms with van der Waals surface area (Å²) in [5, 5.41) is 9.47. The third-order valence-corrected chi connectivity index (χ3v) is 8.75. The summed E-state index contributed by atoms with van der Waals surface area (Å²) in [5.74, 6) is -0.159. The SMILES string of the molecule is Cc1cc(S(=O)(=O)N2CCN(C(=O)c3ccccc3-c3ccccc3C#N)CC2)c(C)s1. The maximum absolute atomic E-state index is 13.4. The monoisotopic (exact) mass is 465 g/mol. The quantitative estimate of drug-likeness (QED) is 0.582. The first-order chi connectivity index (χ1) is 15.3. The number of benzene rings is 2. The Morgan fingerprint density at radius 3 is 2.22 bits per heavy atom. The Kier molecular flexibility index (Phi) is 6.15. The summed E-state index contributed by atoms with van der Waals surface area (Å²) in [6.07, 6.45) is 0. The number of nitrogens with zero attached hydrogens (tertiary/aromatic N) is 3. The van der Waals surface area contributed by atoms with E-state index in [4.69, 9.17) is 0 Å². The van der Waals surface area contributed by atoms with Gasteiger partial charge in [-0.25, -0.2) is 8.42 Å². The average molecular weight is 466 g/mol. The van der Waals surface area contributed by atoms with Gasteiger partial charge in [0.1, 0.15) is 0 Å². The number of rotatable bonds is 4. The number of sulfonamides is 1. The molecule has 0 aliphatic carbocycles. The standard InChI is InChI=1S/C24H23N3O3S2/c1-17-15-23(18(2)31-17)32(29,30)27-13-11-26(12-14-27)24(28)22-10-6-5-9-21(22)20-8-4-3-7-19(20)16-25/h3-10,15H,11-14H2,1-2H3. The van der Waals surface area contributed by atoms with E-state index < -0.39 is 10.0 Å². The third-order valence-electron chi connectivity index (χ3n) is 5.63. The van der Waals surface area contributed by atoms with Crippen molar-refractivity contribution in [1.29, 1.82) is 5.26 Å². The van der Waals surface area contributed by atoms with Gasteiger partial charge in [-0.3, -0.25) is 4.79 Å². The number of nitriles is 1. The minimum Gasteiger partial charge on any atom is -0.336 e. The van der Waals surface area contributed by atoms with Gasteiger partial charge in [0.2, 0.25) is 10.0 Å². The summed E-state index contributed by atoms with van der Waals surface area (Å²) < 4.78 is 27.6. The van der Waals surface area contributed by atoms with E-state index in [9.17, 15) is 18.5 Å². The van der Waals surface area contributed by atoms with E-state index in [2.05, 4.69) is 6.07 Å². The lowest BCUT2D eigenvalue weighted by Gasteiger charge is -2.34. The van der Waals surface area contributed by atoms with E-state index in [1.165, 1.54) is 15.6 Å². The van der Waals surface area contributed by atoms with Gasteiger partial charge in [-0.15, -0.1) is 11.3 Å². The van der Waals surface area contributed by atoms with E-state index in [-0.39, 0.29) is 19.0 Å². The molecule has 4 rings (SSSR count). The van der Waals surface area contributed by atoms with Crippen LogP contribution in [0.1, 0.15) is 25.7 Å². The molecule has 164 valence electrons. The van der Waals surface area contributed by atoms with Crippen LogP contribution in [0.5, 0.6) is 0 Å². The van der Waals surface area contributed by atoms with Gasteiger partial charge in [0.15, 0.2) is 0 Å². The molecule has 2 aromatic carbocycles. The molecule has 0 spiro atoms. The molecule has 1 aromatic heterocycles. The predicted octanol–water partition coefficient (Wildman–Crippen LogP) is 4.05. The highest BCUT2D eigenvalue weighted by molar-refractivity contribution is 7.89. The first kappa shape index (κ1) is 22.2. The van der Waals surface area contributed by atoms with Gasteiger partial charge in [-0.1, -0.05) is 36.4 Å². The van der Waals surface area contributed by atoms with Gasteiger partial charge in [0.25, 0.3) is 5.91 Å². The topological polar surface area (TPSA) is 81.5 Å². The van der Waals surface area contributed by atoms with Crippen LogP contribution < -0.4 is 0 Å². The number of thiophene rings is 1. The van der Waals surface area contributed by atoms with Crippen molar-refractivity contribution in [3.63, 3.8) is 0 Å². The second-order valence-corrected chi connectivity index (χ2v) is 11.0. The molecule has 1 aliphatic heterocycles. The molecule has 1 saturated heterocycles. The van der Waals surface area contributed by atoms with Gasteiger partial charge >= 0.3 is 0 Å². The first-order valence-corrected chi connectivity index (χ1v) is 12.5. The largest absolute Gasteiger partial charge is 0.336 e. The third kappa shape index (κ3) is 4.07. The van der Waals surface area contributed by atoms with Crippen molar-refractivity contribution in [2.75, 3.05) is 26.2 Å². The zero-order valence-electron chi connectivity index (χ0n) is 17.9. The lowest BCUT2D eigenvalue weighted by molar-refractivity contribution is 0.0698. The summed E-state index contributed by atoms with van der Waals surface area (Å²) in [6, 6.07) is 18.3. The molecule has 0 bridgehead atoms. The molecule has 1 aliphatic rings. The second kappa shape index (κ2) is 8.87. The van der Waals surface area contributed by atoms with Crippen molar-refractivity contribution in [3.05, 3.63) is 75.5 Å². The van der Waals surface area contributed by atoms with Crippen LogP contribution in [0.15, 0.2) is 59.5 Å². The van der Waals surface area contributed by atoms with Crippen LogP contribution in [-0.2, 0) is 10.0 Å². The maximum Gasteiger partial charge on any atom is 0.254 e. The lowest BCUT2D eigenvalue weighted by atomic mass is 9.95. The molecule has 2 heterocycles. The van der Waals surface area contributed by atoms with Crippen LogP contribution in [0, 0.1) is 25.2 Å². The molecule has 1 amide bonds. The maximum atomic E-state index is 13.4. The Bertz CT molecular complexity index is 1310. The fraction of sp³-hybridized carbons (Fsp3) is 0.250. The minimum atomic E-state index is -3.58. The van der Waals surface area contributed by atoms with Crippen molar-refractivity contribution in [1.82, 2.24) is 9.21 Å². The highest BCUT2D eigenvalue weighted by atomic mass is 32.2. The van der Waals surface area contributed by atoms with Gasteiger partial charge in [0, 0.05) is 47.1 Å². The summed E-state index contributed by atoms with van der Waals surface area (Å²) in [4.78, 5) is 17.1. The van der Waals surface area contributed by atoms with Crippen molar-refractivity contribution in [3.8, 4) is 17.2 Å². The lowest BCUT2D eigenvalue weighted by Crippen LogP contribution is -2.50. The number of amides is 1. The van der Waals surface area contributed by atoms with Crippen molar-refractivity contribution < 1.29 is 13.2 Å². The van der Waals surface area contributed by atoms with Crippen LogP contribution >= 0.6 is 11.3 Å². The Morgan fingerprint density at radius 2 is 1.59 bits per heavy atom. The van der Waals surface area contributed by atoms with E-state index in [0.29, 0.717) is 40.2 Å². The Labute approximate surface area is 192 Å². The second-order valence-electron chi connectivity index (χ2n) is 7.68. The highest BCUT2D eigenvalue weighted by Gasteiger charge is 2.32. The minimum absolute atomic E-state index is 0.159. The Hall–Kier alpha value is -2.99. The number of carbonyl (C=O) groups is 1. The van der Waals surface area contributed by atoms with Gasteiger partial charge in [-0.2, -0.15) is 9.57 Å². The highest BCUT2D eigenvalue weighted by Crippen LogP contribution is 2.30. The molecule has 6 nitrogen and oxygen atoms in total. The Morgan fingerprint density at radius 1 is 0.969 bits per heavy atom. The van der Waals surface area contributed by atoms with Crippen LogP contribution in [0.25, 0.3) is 11.1 Å². The molecule has 0 N–H and O–H groups in total. The first-order valence-electron chi connectivity index (χ1n) is 10.3. The molecule has 8 heteroatoms. The summed E-state index contributed by atoms with van der Waals surface area (Å²) >= 11 is 1.47. The fourth-order valence-corrected chi connectivity index (χ4v) is 6.97. The average Bonchev–Trinajstić information content (AvgIpc) is 3.17. The van der Waals surface area contributed by atoms with Crippen LogP contribution in [0.2, 0.25) is 0 Å². The number of carbonyl (C=O) groups excluding carboxylic acids is 1. The molecule has 0 unspecified atom stereocenters. The normalized spacial score (nSPS) is 14.8. The molecule has 0 saturated carbocycles. The van der Waals surface area contributed by atoms with Gasteiger partial charge < -0.3 is 4.90 Å². The van der Waals surface area contributed by atoms with Gasteiger partial charge in [0.05, 0.1) is 16.5 Å². The molecule has 0 atom stereocenters.